The maximum absolute atomic E-state index is 6.20. The maximum Gasteiger partial charge on any atom is 0.149 e. The Balaban J connectivity index is 2.24. The minimum atomic E-state index is 0.733. The molecule has 2 rings (SSSR count). The average molecular weight is 268 g/mol. The Labute approximate surface area is 110 Å². The third-order valence-corrected chi connectivity index (χ3v) is 3.62. The second-order valence-electron chi connectivity index (χ2n) is 3.76. The highest BCUT2D eigenvalue weighted by molar-refractivity contribution is 7.14. The fraction of sp³-hybridized carbons (Fsp3) is 0.333. The van der Waals surface area contributed by atoms with Crippen LogP contribution in [0, 0.1) is 6.92 Å². The van der Waals surface area contributed by atoms with Gasteiger partial charge in [0.15, 0.2) is 0 Å². The number of halogens is 1. The molecular weight excluding hydrogens is 254 g/mol. The zero-order chi connectivity index (χ0) is 12.3. The van der Waals surface area contributed by atoms with Crippen LogP contribution in [0.25, 0.3) is 10.6 Å². The van der Waals surface area contributed by atoms with Crippen molar-refractivity contribution in [2.24, 2.45) is 0 Å². The molecule has 0 radical (unpaired) electrons. The van der Waals surface area contributed by atoms with Gasteiger partial charge in [0.2, 0.25) is 0 Å². The van der Waals surface area contributed by atoms with E-state index in [-0.39, 0.29) is 0 Å². The predicted octanol–water partition coefficient (Wildman–Crippen LogP) is 3.28. The van der Waals surface area contributed by atoms with Crippen LogP contribution in [0.4, 0.5) is 0 Å². The molecule has 0 saturated heterocycles. The number of nitrogens with zero attached hydrogens (tertiary/aromatic N) is 2. The van der Waals surface area contributed by atoms with Crippen LogP contribution in [0.1, 0.15) is 17.5 Å². The fourth-order valence-electron chi connectivity index (χ4n) is 1.46. The van der Waals surface area contributed by atoms with Gasteiger partial charge in [0.05, 0.1) is 5.02 Å². The third-order valence-electron chi connectivity index (χ3n) is 2.35. The molecule has 0 amide bonds. The molecule has 2 aromatic rings. The fourth-order valence-corrected chi connectivity index (χ4v) is 2.69. The summed E-state index contributed by atoms with van der Waals surface area (Å²) < 4.78 is 0. The summed E-state index contributed by atoms with van der Waals surface area (Å²) >= 11 is 7.78. The zero-order valence-electron chi connectivity index (χ0n) is 9.83. The standard InChI is InChI=1S/C12H14ClN3S/c1-3-14-7-11-15-16-12(17-11)9-5-4-8(2)6-10(9)13/h4-6,14H,3,7H2,1-2H3. The first kappa shape index (κ1) is 12.5. The first-order valence-corrected chi connectivity index (χ1v) is 6.69. The third kappa shape index (κ3) is 3.03. The van der Waals surface area contributed by atoms with E-state index >= 15 is 0 Å². The van der Waals surface area contributed by atoms with E-state index in [9.17, 15) is 0 Å². The molecule has 0 aliphatic carbocycles. The first-order chi connectivity index (χ1) is 8.20. The van der Waals surface area contributed by atoms with Crippen molar-refractivity contribution in [2.45, 2.75) is 20.4 Å². The minimum Gasteiger partial charge on any atom is -0.311 e. The molecule has 5 heteroatoms. The van der Waals surface area contributed by atoms with Gasteiger partial charge in [-0.2, -0.15) is 0 Å². The number of hydrogen-bond donors (Lipinski definition) is 1. The molecule has 3 nitrogen and oxygen atoms in total. The highest BCUT2D eigenvalue weighted by Crippen LogP contribution is 2.30. The molecule has 1 aromatic heterocycles. The van der Waals surface area contributed by atoms with E-state index in [1.54, 1.807) is 11.3 Å². The van der Waals surface area contributed by atoms with Gasteiger partial charge in [0.25, 0.3) is 0 Å². The van der Waals surface area contributed by atoms with Crippen molar-refractivity contribution in [3.8, 4) is 10.6 Å². The molecule has 90 valence electrons. The zero-order valence-corrected chi connectivity index (χ0v) is 11.4. The van der Waals surface area contributed by atoms with Crippen molar-refractivity contribution >= 4 is 22.9 Å². The smallest absolute Gasteiger partial charge is 0.149 e. The van der Waals surface area contributed by atoms with Crippen LogP contribution in [0.3, 0.4) is 0 Å². The molecular formula is C12H14ClN3S. The lowest BCUT2D eigenvalue weighted by molar-refractivity contribution is 0.715. The number of rotatable bonds is 4. The lowest BCUT2D eigenvalue weighted by atomic mass is 10.2. The Kier molecular flexibility index (Phi) is 4.10. The van der Waals surface area contributed by atoms with Gasteiger partial charge >= 0.3 is 0 Å². The minimum absolute atomic E-state index is 0.733. The number of aromatic nitrogens is 2. The Hall–Kier alpha value is -0.970. The van der Waals surface area contributed by atoms with Crippen LogP contribution in [-0.4, -0.2) is 16.7 Å². The number of aryl methyl sites for hydroxylation is 1. The normalized spacial score (nSPS) is 10.8. The van der Waals surface area contributed by atoms with Crippen LogP contribution in [-0.2, 0) is 6.54 Å². The summed E-state index contributed by atoms with van der Waals surface area (Å²) in [6.45, 7) is 5.78. The molecule has 1 aromatic carbocycles. The lowest BCUT2D eigenvalue weighted by Crippen LogP contribution is -2.11. The van der Waals surface area contributed by atoms with E-state index in [2.05, 4.69) is 22.4 Å². The molecule has 0 atom stereocenters. The second kappa shape index (κ2) is 5.58. The van der Waals surface area contributed by atoms with Gasteiger partial charge in [-0.25, -0.2) is 0 Å². The molecule has 0 bridgehead atoms. The van der Waals surface area contributed by atoms with Crippen LogP contribution in [0.5, 0.6) is 0 Å². The molecule has 1 heterocycles. The average Bonchev–Trinajstić information content (AvgIpc) is 2.75. The Morgan fingerprint density at radius 1 is 1.35 bits per heavy atom. The molecule has 0 aliphatic rings. The van der Waals surface area contributed by atoms with Crippen LogP contribution in [0.2, 0.25) is 5.02 Å². The van der Waals surface area contributed by atoms with Gasteiger partial charge in [-0.05, 0) is 25.1 Å². The Morgan fingerprint density at radius 2 is 2.18 bits per heavy atom. The van der Waals surface area contributed by atoms with Crippen LogP contribution >= 0.6 is 22.9 Å². The van der Waals surface area contributed by atoms with E-state index in [0.717, 1.165) is 39.3 Å². The summed E-state index contributed by atoms with van der Waals surface area (Å²) in [6, 6.07) is 5.98. The maximum atomic E-state index is 6.20. The Morgan fingerprint density at radius 3 is 2.88 bits per heavy atom. The van der Waals surface area contributed by atoms with Gasteiger partial charge in [0.1, 0.15) is 10.0 Å². The topological polar surface area (TPSA) is 37.8 Å². The van der Waals surface area contributed by atoms with Crippen molar-refractivity contribution < 1.29 is 0 Å². The number of benzene rings is 1. The molecule has 0 saturated carbocycles. The summed E-state index contributed by atoms with van der Waals surface area (Å²) in [6.07, 6.45) is 0. The SMILES string of the molecule is CCNCc1nnc(-c2ccc(C)cc2Cl)s1. The van der Waals surface area contributed by atoms with Gasteiger partial charge < -0.3 is 5.32 Å². The lowest BCUT2D eigenvalue weighted by Gasteiger charge is -2.00. The van der Waals surface area contributed by atoms with E-state index in [1.807, 2.05) is 25.1 Å². The summed E-state index contributed by atoms with van der Waals surface area (Å²) in [4.78, 5) is 0. The van der Waals surface area contributed by atoms with Gasteiger partial charge in [0, 0.05) is 12.1 Å². The summed E-state index contributed by atoms with van der Waals surface area (Å²) in [5, 5.41) is 14.1. The molecule has 0 spiro atoms. The van der Waals surface area contributed by atoms with Crippen molar-refractivity contribution in [3.63, 3.8) is 0 Å². The number of hydrogen-bond acceptors (Lipinski definition) is 4. The van der Waals surface area contributed by atoms with Crippen molar-refractivity contribution in [2.75, 3.05) is 6.54 Å². The van der Waals surface area contributed by atoms with E-state index in [0.29, 0.717) is 0 Å². The van der Waals surface area contributed by atoms with Crippen LogP contribution in [0.15, 0.2) is 18.2 Å². The van der Waals surface area contributed by atoms with Gasteiger partial charge in [-0.15, -0.1) is 10.2 Å². The highest BCUT2D eigenvalue weighted by Gasteiger charge is 2.09. The van der Waals surface area contributed by atoms with E-state index in [1.165, 1.54) is 0 Å². The largest absolute Gasteiger partial charge is 0.311 e. The summed E-state index contributed by atoms with van der Waals surface area (Å²) in [5.74, 6) is 0. The molecule has 1 N–H and O–H groups in total. The van der Waals surface area contributed by atoms with Crippen molar-refractivity contribution in [1.82, 2.24) is 15.5 Å². The molecule has 17 heavy (non-hydrogen) atoms. The monoisotopic (exact) mass is 267 g/mol. The molecule has 0 unspecified atom stereocenters. The highest BCUT2D eigenvalue weighted by atomic mass is 35.5. The van der Waals surface area contributed by atoms with Gasteiger partial charge in [-0.1, -0.05) is 42.0 Å². The van der Waals surface area contributed by atoms with E-state index in [4.69, 9.17) is 11.6 Å². The van der Waals surface area contributed by atoms with Gasteiger partial charge in [-0.3, -0.25) is 0 Å². The van der Waals surface area contributed by atoms with E-state index < -0.39 is 0 Å². The Bertz CT molecular complexity index is 510. The van der Waals surface area contributed by atoms with Crippen molar-refractivity contribution in [1.29, 1.82) is 0 Å². The van der Waals surface area contributed by atoms with Crippen molar-refractivity contribution in [3.05, 3.63) is 33.8 Å². The summed E-state index contributed by atoms with van der Waals surface area (Å²) in [7, 11) is 0. The first-order valence-electron chi connectivity index (χ1n) is 5.50. The summed E-state index contributed by atoms with van der Waals surface area (Å²) in [5.41, 5.74) is 2.11. The van der Waals surface area contributed by atoms with Crippen LogP contribution < -0.4 is 5.32 Å². The predicted molar refractivity (Wildman–Crippen MR) is 72.5 cm³/mol. The molecule has 0 fully saturated rings. The molecule has 0 aliphatic heterocycles. The number of nitrogens with one attached hydrogen (secondary N) is 1. The quantitative estimate of drug-likeness (QED) is 0.924. The second-order valence-corrected chi connectivity index (χ2v) is 5.23.